The van der Waals surface area contributed by atoms with Crippen molar-refractivity contribution < 1.29 is 5.11 Å². The fourth-order valence-electron chi connectivity index (χ4n) is 1.94. The van der Waals surface area contributed by atoms with Crippen LogP contribution in [0.15, 0.2) is 17.8 Å². The predicted octanol–water partition coefficient (Wildman–Crippen LogP) is 1.65. The van der Waals surface area contributed by atoms with Gasteiger partial charge in [-0.05, 0) is 24.3 Å². The maximum atomic E-state index is 9.12. The number of nitrogens with zero attached hydrogens (tertiary/aromatic N) is 3. The van der Waals surface area contributed by atoms with E-state index in [2.05, 4.69) is 14.9 Å². The van der Waals surface area contributed by atoms with Gasteiger partial charge in [-0.1, -0.05) is 0 Å². The van der Waals surface area contributed by atoms with Crippen LogP contribution >= 0.6 is 11.3 Å². The Morgan fingerprint density at radius 3 is 3.06 bits per heavy atom. The van der Waals surface area contributed by atoms with Crippen molar-refractivity contribution in [3.8, 4) is 0 Å². The third kappa shape index (κ3) is 1.66. The molecule has 5 heteroatoms. The molecule has 1 saturated carbocycles. The SMILES string of the molecule is OCCN(c1ncnc2ccsc12)C1CC1. The van der Waals surface area contributed by atoms with Crippen LogP contribution in [0.25, 0.3) is 10.2 Å². The molecule has 3 rings (SSSR count). The van der Waals surface area contributed by atoms with Crippen LogP contribution in [-0.4, -0.2) is 34.3 Å². The van der Waals surface area contributed by atoms with E-state index in [1.54, 1.807) is 17.7 Å². The summed E-state index contributed by atoms with van der Waals surface area (Å²) in [7, 11) is 0. The van der Waals surface area contributed by atoms with E-state index in [1.807, 2.05) is 11.4 Å². The Bertz CT molecular complexity index is 495. The lowest BCUT2D eigenvalue weighted by atomic mass is 10.4. The van der Waals surface area contributed by atoms with Gasteiger partial charge in [0, 0.05) is 12.6 Å². The van der Waals surface area contributed by atoms with Crippen molar-refractivity contribution in [1.29, 1.82) is 0 Å². The van der Waals surface area contributed by atoms with Crippen LogP contribution in [0.3, 0.4) is 0 Å². The lowest BCUT2D eigenvalue weighted by Gasteiger charge is -2.22. The zero-order valence-electron chi connectivity index (χ0n) is 8.83. The van der Waals surface area contributed by atoms with Crippen LogP contribution < -0.4 is 4.90 Å². The predicted molar refractivity (Wildman–Crippen MR) is 64.9 cm³/mol. The molecule has 2 aromatic heterocycles. The molecular weight excluding hydrogens is 222 g/mol. The van der Waals surface area contributed by atoms with Crippen LogP contribution in [0.5, 0.6) is 0 Å². The van der Waals surface area contributed by atoms with Crippen LogP contribution in [0, 0.1) is 0 Å². The number of anilines is 1. The quantitative estimate of drug-likeness (QED) is 0.875. The van der Waals surface area contributed by atoms with E-state index in [9.17, 15) is 0 Å². The number of hydrogen-bond acceptors (Lipinski definition) is 5. The summed E-state index contributed by atoms with van der Waals surface area (Å²) in [6, 6.07) is 2.57. The average Bonchev–Trinajstić information content (AvgIpc) is 3.02. The zero-order chi connectivity index (χ0) is 11.0. The van der Waals surface area contributed by atoms with Crippen molar-refractivity contribution in [1.82, 2.24) is 9.97 Å². The van der Waals surface area contributed by atoms with Crippen LogP contribution in [0.1, 0.15) is 12.8 Å². The molecule has 1 fully saturated rings. The monoisotopic (exact) mass is 235 g/mol. The molecule has 16 heavy (non-hydrogen) atoms. The second kappa shape index (κ2) is 3.99. The van der Waals surface area contributed by atoms with Gasteiger partial charge in [-0.2, -0.15) is 0 Å². The molecule has 0 radical (unpaired) electrons. The molecule has 2 aromatic rings. The average molecular weight is 235 g/mol. The standard InChI is InChI=1S/C11H13N3OS/c15-5-4-14(8-1-2-8)11-10-9(3-6-16-10)12-7-13-11/h3,6-8,15H,1-2,4-5H2. The van der Waals surface area contributed by atoms with Gasteiger partial charge < -0.3 is 10.0 Å². The van der Waals surface area contributed by atoms with Crippen molar-refractivity contribution in [3.05, 3.63) is 17.8 Å². The van der Waals surface area contributed by atoms with Gasteiger partial charge in [-0.3, -0.25) is 0 Å². The molecule has 0 spiro atoms. The number of hydrogen-bond donors (Lipinski definition) is 1. The molecular formula is C11H13N3OS. The highest BCUT2D eigenvalue weighted by Gasteiger charge is 2.30. The van der Waals surface area contributed by atoms with Gasteiger partial charge in [-0.15, -0.1) is 11.3 Å². The third-order valence-electron chi connectivity index (χ3n) is 2.82. The van der Waals surface area contributed by atoms with Crippen molar-refractivity contribution in [2.24, 2.45) is 0 Å². The van der Waals surface area contributed by atoms with Gasteiger partial charge in [-0.25, -0.2) is 9.97 Å². The summed E-state index contributed by atoms with van der Waals surface area (Å²) >= 11 is 1.67. The molecule has 0 saturated heterocycles. The fraction of sp³-hybridized carbons (Fsp3) is 0.455. The summed E-state index contributed by atoms with van der Waals surface area (Å²) in [6.45, 7) is 0.835. The first-order valence-corrected chi connectivity index (χ1v) is 6.34. The molecule has 84 valence electrons. The normalized spacial score (nSPS) is 15.6. The molecule has 0 amide bonds. The minimum Gasteiger partial charge on any atom is -0.395 e. The Kier molecular flexibility index (Phi) is 2.49. The molecule has 0 aliphatic heterocycles. The Morgan fingerprint density at radius 2 is 2.31 bits per heavy atom. The Morgan fingerprint density at radius 1 is 1.44 bits per heavy atom. The number of thiophene rings is 1. The van der Waals surface area contributed by atoms with E-state index in [-0.39, 0.29) is 6.61 Å². The van der Waals surface area contributed by atoms with E-state index in [4.69, 9.17) is 5.11 Å². The number of aliphatic hydroxyl groups is 1. The molecule has 0 aromatic carbocycles. The lowest BCUT2D eigenvalue weighted by Crippen LogP contribution is -2.29. The van der Waals surface area contributed by atoms with Gasteiger partial charge >= 0.3 is 0 Å². The van der Waals surface area contributed by atoms with E-state index < -0.39 is 0 Å². The van der Waals surface area contributed by atoms with Gasteiger partial charge in [0.25, 0.3) is 0 Å². The highest BCUT2D eigenvalue weighted by Crippen LogP contribution is 2.35. The zero-order valence-corrected chi connectivity index (χ0v) is 9.65. The molecule has 2 heterocycles. The topological polar surface area (TPSA) is 49.2 Å². The number of aliphatic hydroxyl groups excluding tert-OH is 1. The highest BCUT2D eigenvalue weighted by atomic mass is 32.1. The summed E-state index contributed by atoms with van der Waals surface area (Å²) in [5, 5.41) is 11.2. The van der Waals surface area contributed by atoms with Crippen LogP contribution in [-0.2, 0) is 0 Å². The van der Waals surface area contributed by atoms with Crippen LogP contribution in [0.4, 0.5) is 5.82 Å². The Labute approximate surface area is 97.6 Å². The minimum absolute atomic E-state index is 0.174. The number of rotatable bonds is 4. The van der Waals surface area contributed by atoms with Gasteiger partial charge in [0.05, 0.1) is 16.8 Å². The second-order valence-corrected chi connectivity index (χ2v) is 4.90. The van der Waals surface area contributed by atoms with Crippen LogP contribution in [0.2, 0.25) is 0 Å². The largest absolute Gasteiger partial charge is 0.395 e. The van der Waals surface area contributed by atoms with Gasteiger partial charge in [0.15, 0.2) is 0 Å². The van der Waals surface area contributed by atoms with Gasteiger partial charge in [0.2, 0.25) is 0 Å². The summed E-state index contributed by atoms with van der Waals surface area (Å²) in [4.78, 5) is 10.8. The van der Waals surface area contributed by atoms with E-state index in [1.165, 1.54) is 12.8 Å². The van der Waals surface area contributed by atoms with Crippen molar-refractivity contribution >= 4 is 27.4 Å². The molecule has 1 N–H and O–H groups in total. The van der Waals surface area contributed by atoms with E-state index >= 15 is 0 Å². The highest BCUT2D eigenvalue weighted by molar-refractivity contribution is 7.17. The minimum atomic E-state index is 0.174. The first-order chi connectivity index (χ1) is 7.90. The first kappa shape index (κ1) is 9.99. The molecule has 0 unspecified atom stereocenters. The van der Waals surface area contributed by atoms with Crippen molar-refractivity contribution in [2.75, 3.05) is 18.1 Å². The maximum absolute atomic E-state index is 9.12. The molecule has 0 atom stereocenters. The van der Waals surface area contributed by atoms with E-state index in [0.29, 0.717) is 12.6 Å². The first-order valence-electron chi connectivity index (χ1n) is 5.46. The Balaban J connectivity index is 2.04. The molecule has 1 aliphatic carbocycles. The van der Waals surface area contributed by atoms with Gasteiger partial charge in [0.1, 0.15) is 12.1 Å². The molecule has 4 nitrogen and oxygen atoms in total. The van der Waals surface area contributed by atoms with Crippen molar-refractivity contribution in [2.45, 2.75) is 18.9 Å². The number of aromatic nitrogens is 2. The Hall–Kier alpha value is -1.20. The summed E-state index contributed by atoms with van der Waals surface area (Å²) in [5.74, 6) is 0.983. The second-order valence-electron chi connectivity index (χ2n) is 3.98. The summed E-state index contributed by atoms with van der Waals surface area (Å²) < 4.78 is 1.13. The maximum Gasteiger partial charge on any atom is 0.150 e. The number of fused-ring (bicyclic) bond motifs is 1. The third-order valence-corrected chi connectivity index (χ3v) is 3.72. The van der Waals surface area contributed by atoms with Crippen molar-refractivity contribution in [3.63, 3.8) is 0 Å². The lowest BCUT2D eigenvalue weighted by molar-refractivity contribution is 0.301. The molecule has 0 bridgehead atoms. The van der Waals surface area contributed by atoms with E-state index in [0.717, 1.165) is 16.0 Å². The summed E-state index contributed by atoms with van der Waals surface area (Å²) in [5.41, 5.74) is 0.999. The molecule has 1 aliphatic rings. The smallest absolute Gasteiger partial charge is 0.150 e. The fourth-order valence-corrected chi connectivity index (χ4v) is 2.79. The summed E-state index contributed by atoms with van der Waals surface area (Å²) in [6.07, 6.45) is 4.02.